The number of esters is 1. The van der Waals surface area contributed by atoms with Gasteiger partial charge in [-0.15, -0.1) is 13.2 Å². The van der Waals surface area contributed by atoms with Crippen LogP contribution in [0.5, 0.6) is 5.75 Å². The van der Waals surface area contributed by atoms with Gasteiger partial charge in [-0.1, -0.05) is 26.0 Å². The lowest BCUT2D eigenvalue weighted by atomic mass is 9.90. The smallest absolute Gasteiger partial charge is 0.322 e. The maximum atomic E-state index is 12.8. The number of hydrogen-bond acceptors (Lipinski definition) is 5. The van der Waals surface area contributed by atoms with Crippen LogP contribution in [-0.2, 0) is 33.6 Å². The number of nitrogens with zero attached hydrogens (tertiary/aromatic N) is 1. The van der Waals surface area contributed by atoms with Crippen LogP contribution in [0.2, 0.25) is 0 Å². The van der Waals surface area contributed by atoms with E-state index in [4.69, 9.17) is 4.74 Å². The zero-order chi connectivity index (χ0) is 24.4. The average Bonchev–Trinajstić information content (AvgIpc) is 2.79. The van der Waals surface area contributed by atoms with E-state index in [1.807, 2.05) is 11.0 Å². The van der Waals surface area contributed by atoms with Gasteiger partial charge in [-0.3, -0.25) is 9.59 Å². The van der Waals surface area contributed by atoms with E-state index >= 15 is 0 Å². The molecule has 1 heterocycles. The third-order valence-electron chi connectivity index (χ3n) is 6.19. The summed E-state index contributed by atoms with van der Waals surface area (Å²) in [6.07, 6.45) is 9.09. The minimum atomic E-state index is -0.291. The third-order valence-corrected chi connectivity index (χ3v) is 6.19. The van der Waals surface area contributed by atoms with Crippen molar-refractivity contribution >= 4 is 17.6 Å². The number of phenols is 1. The Kier molecular flexibility index (Phi) is 10.7. The number of carbonyl (C=O) groups excluding carboxylic acids is 2. The van der Waals surface area contributed by atoms with E-state index in [-0.39, 0.29) is 17.9 Å². The number of carbonyl (C=O) groups is 2. The Balaban J connectivity index is 2.05. The molecule has 0 aliphatic carbocycles. The summed E-state index contributed by atoms with van der Waals surface area (Å²) in [5, 5.41) is 14.1. The van der Waals surface area contributed by atoms with E-state index in [2.05, 4.69) is 32.3 Å². The van der Waals surface area contributed by atoms with Gasteiger partial charge in [0.1, 0.15) is 11.8 Å². The lowest BCUT2D eigenvalue weighted by Gasteiger charge is -2.32. The van der Waals surface area contributed by atoms with Crippen LogP contribution < -0.4 is 10.2 Å². The number of fused-ring (bicyclic) bond motifs is 1. The summed E-state index contributed by atoms with van der Waals surface area (Å²) < 4.78 is 4.93. The van der Waals surface area contributed by atoms with Gasteiger partial charge < -0.3 is 20.1 Å². The lowest BCUT2D eigenvalue weighted by Crippen LogP contribution is -2.39. The molecule has 1 aliphatic rings. The summed E-state index contributed by atoms with van der Waals surface area (Å²) in [6.45, 7) is 13.2. The highest BCUT2D eigenvalue weighted by atomic mass is 16.5. The van der Waals surface area contributed by atoms with Crippen molar-refractivity contribution in [1.82, 2.24) is 5.32 Å². The van der Waals surface area contributed by atoms with Crippen LogP contribution in [0.3, 0.4) is 0 Å². The van der Waals surface area contributed by atoms with Crippen LogP contribution in [-0.4, -0.2) is 43.2 Å². The average molecular weight is 457 g/mol. The number of benzene rings is 1. The molecule has 0 saturated heterocycles. The topological polar surface area (TPSA) is 78.9 Å². The number of aromatic hydroxyl groups is 1. The number of amides is 1. The zero-order valence-corrected chi connectivity index (χ0v) is 20.5. The number of hydrogen-bond donors (Lipinski definition) is 2. The molecule has 33 heavy (non-hydrogen) atoms. The highest BCUT2D eigenvalue weighted by Crippen LogP contribution is 2.39. The van der Waals surface area contributed by atoms with Crippen LogP contribution in [0, 0.1) is 5.92 Å². The van der Waals surface area contributed by atoms with Crippen molar-refractivity contribution in [3.8, 4) is 5.75 Å². The first-order valence-corrected chi connectivity index (χ1v) is 12.0. The van der Waals surface area contributed by atoms with Gasteiger partial charge in [-0.25, -0.2) is 0 Å². The van der Waals surface area contributed by atoms with Crippen molar-refractivity contribution in [3.05, 3.63) is 48.1 Å². The predicted octanol–water partition coefficient (Wildman–Crippen LogP) is 4.48. The monoisotopic (exact) mass is 456 g/mol. The van der Waals surface area contributed by atoms with Gasteiger partial charge in [0.25, 0.3) is 0 Å². The number of anilines is 1. The maximum absolute atomic E-state index is 12.8. The first-order chi connectivity index (χ1) is 15.8. The van der Waals surface area contributed by atoms with Crippen molar-refractivity contribution in [2.24, 2.45) is 5.92 Å². The van der Waals surface area contributed by atoms with Gasteiger partial charge >= 0.3 is 5.97 Å². The molecule has 0 radical (unpaired) electrons. The normalized spacial score (nSPS) is 14.2. The molecule has 1 amide bonds. The molecule has 6 heteroatoms. The predicted molar refractivity (Wildman–Crippen MR) is 134 cm³/mol. The second kappa shape index (κ2) is 13.2. The van der Waals surface area contributed by atoms with E-state index in [1.54, 1.807) is 12.2 Å². The molecule has 0 saturated carbocycles. The Morgan fingerprint density at radius 2 is 1.94 bits per heavy atom. The highest BCUT2D eigenvalue weighted by molar-refractivity contribution is 5.97. The van der Waals surface area contributed by atoms with Crippen LogP contribution in [0.15, 0.2) is 31.4 Å². The summed E-state index contributed by atoms with van der Waals surface area (Å²) in [4.78, 5) is 26.7. The molecule has 1 aromatic rings. The van der Waals surface area contributed by atoms with E-state index < -0.39 is 0 Å². The van der Waals surface area contributed by atoms with Gasteiger partial charge in [0.15, 0.2) is 0 Å². The van der Waals surface area contributed by atoms with E-state index in [0.29, 0.717) is 50.4 Å². The Morgan fingerprint density at radius 1 is 1.21 bits per heavy atom. The number of methoxy groups -OCH3 is 1. The molecule has 182 valence electrons. The van der Waals surface area contributed by atoms with E-state index in [0.717, 1.165) is 48.1 Å². The fourth-order valence-electron chi connectivity index (χ4n) is 4.37. The fourth-order valence-corrected chi connectivity index (χ4v) is 4.37. The van der Waals surface area contributed by atoms with Crippen LogP contribution in [0.1, 0.15) is 62.6 Å². The molecular weight excluding hydrogens is 416 g/mol. The molecular formula is C27H40N2O4. The molecule has 2 rings (SSSR count). The Hall–Kier alpha value is -2.60. The molecule has 0 spiro atoms. The molecule has 6 nitrogen and oxygen atoms in total. The molecule has 2 N–H and O–H groups in total. The first-order valence-electron chi connectivity index (χ1n) is 12.0. The van der Waals surface area contributed by atoms with Crippen molar-refractivity contribution in [2.75, 3.05) is 25.1 Å². The number of ether oxygens (including phenoxy) is 1. The van der Waals surface area contributed by atoms with Crippen LogP contribution >= 0.6 is 0 Å². The Morgan fingerprint density at radius 3 is 2.58 bits per heavy atom. The maximum Gasteiger partial charge on any atom is 0.322 e. The largest absolute Gasteiger partial charge is 0.507 e. The fraction of sp³-hybridized carbons (Fsp3) is 0.556. The standard InChI is InChI=1S/C27H40N2O4/c1-6-10-20-18-24-21(22(11-7-2)26(20)31)13-15-25(30)29(24)17-9-8-16-28-23(27(32)33-5)14-12-19(3)4/h6-7,18-19,23,28,31H,1-2,8-17H2,3-5H3. The molecule has 0 fully saturated rings. The summed E-state index contributed by atoms with van der Waals surface area (Å²) in [5.74, 6) is 0.711. The second-order valence-electron chi connectivity index (χ2n) is 9.10. The quantitative estimate of drug-likeness (QED) is 0.245. The number of unbranched alkanes of at least 4 members (excludes halogenated alkanes) is 1. The Labute approximate surface area is 198 Å². The van der Waals surface area contributed by atoms with Gasteiger partial charge in [0.2, 0.25) is 5.91 Å². The molecule has 1 aromatic carbocycles. The van der Waals surface area contributed by atoms with Gasteiger partial charge in [0.05, 0.1) is 7.11 Å². The van der Waals surface area contributed by atoms with Crippen molar-refractivity contribution in [1.29, 1.82) is 0 Å². The zero-order valence-electron chi connectivity index (χ0n) is 20.5. The van der Waals surface area contributed by atoms with Crippen molar-refractivity contribution < 1.29 is 19.4 Å². The Bertz CT molecular complexity index is 847. The minimum absolute atomic E-state index is 0.111. The van der Waals surface area contributed by atoms with Crippen molar-refractivity contribution in [3.63, 3.8) is 0 Å². The summed E-state index contributed by atoms with van der Waals surface area (Å²) >= 11 is 0. The number of nitrogens with one attached hydrogen (secondary N) is 1. The highest BCUT2D eigenvalue weighted by Gasteiger charge is 2.28. The van der Waals surface area contributed by atoms with Crippen molar-refractivity contribution in [2.45, 2.75) is 71.3 Å². The first kappa shape index (κ1) is 26.7. The van der Waals surface area contributed by atoms with Gasteiger partial charge in [0, 0.05) is 24.2 Å². The number of rotatable bonds is 14. The van der Waals surface area contributed by atoms with Crippen LogP contribution in [0.4, 0.5) is 5.69 Å². The molecule has 1 atom stereocenters. The minimum Gasteiger partial charge on any atom is -0.507 e. The van der Waals surface area contributed by atoms with E-state index in [9.17, 15) is 14.7 Å². The molecule has 1 aliphatic heterocycles. The third kappa shape index (κ3) is 7.19. The van der Waals surface area contributed by atoms with Gasteiger partial charge in [-0.05, 0) is 74.6 Å². The SMILES string of the molecule is C=CCc1cc2c(c(CC=C)c1O)CCC(=O)N2CCCCNC(CCC(C)C)C(=O)OC. The number of allylic oxidation sites excluding steroid dienone is 2. The lowest BCUT2D eigenvalue weighted by molar-refractivity contribution is -0.143. The second-order valence-corrected chi connectivity index (χ2v) is 9.10. The summed E-state index contributed by atoms with van der Waals surface area (Å²) in [7, 11) is 1.42. The molecule has 0 aromatic heterocycles. The summed E-state index contributed by atoms with van der Waals surface area (Å²) in [6, 6.07) is 1.65. The molecule has 0 bridgehead atoms. The van der Waals surface area contributed by atoms with E-state index in [1.165, 1.54) is 7.11 Å². The molecule has 1 unspecified atom stereocenters. The summed E-state index contributed by atoms with van der Waals surface area (Å²) in [5.41, 5.74) is 3.59. The van der Waals surface area contributed by atoms with Crippen LogP contribution in [0.25, 0.3) is 0 Å². The number of phenolic OH excluding ortho intramolecular Hbond substituents is 1. The van der Waals surface area contributed by atoms with Gasteiger partial charge in [-0.2, -0.15) is 0 Å².